The fourth-order valence-electron chi connectivity index (χ4n) is 3.72. The fraction of sp³-hybridized carbons (Fsp3) is 0.167. The number of anilines is 1. The number of carbonyl (C=O) groups excluding carboxylic acids is 2. The quantitative estimate of drug-likeness (QED) is 0.612. The first-order chi connectivity index (χ1) is 14.0. The van der Waals surface area contributed by atoms with E-state index >= 15 is 0 Å². The maximum absolute atomic E-state index is 13.1. The third-order valence-electron chi connectivity index (χ3n) is 5.18. The van der Waals surface area contributed by atoms with Crippen molar-refractivity contribution in [3.8, 4) is 0 Å². The third-order valence-corrected chi connectivity index (χ3v) is 5.87. The summed E-state index contributed by atoms with van der Waals surface area (Å²) >= 11 is 3.41. The van der Waals surface area contributed by atoms with Crippen molar-refractivity contribution >= 4 is 33.4 Å². The van der Waals surface area contributed by atoms with Gasteiger partial charge in [-0.3, -0.25) is 9.59 Å². The van der Waals surface area contributed by atoms with Gasteiger partial charge in [0.25, 0.3) is 11.8 Å². The molecule has 0 aliphatic carbocycles. The fourth-order valence-corrected chi connectivity index (χ4v) is 4.18. The van der Waals surface area contributed by atoms with E-state index in [1.165, 1.54) is 0 Å². The molecule has 2 amide bonds. The van der Waals surface area contributed by atoms with Crippen molar-refractivity contribution in [1.29, 1.82) is 0 Å². The third kappa shape index (κ3) is 3.96. The summed E-state index contributed by atoms with van der Waals surface area (Å²) < 4.78 is 0.764. The molecule has 1 atom stereocenters. The Kier molecular flexibility index (Phi) is 5.49. The average molecular weight is 449 g/mol. The number of nitrogens with one attached hydrogen (secondary N) is 1. The van der Waals surface area contributed by atoms with E-state index in [1.54, 1.807) is 6.07 Å². The molecule has 4 rings (SSSR count). The van der Waals surface area contributed by atoms with E-state index in [1.807, 2.05) is 65.6 Å². The predicted molar refractivity (Wildman–Crippen MR) is 118 cm³/mol. The molecular formula is C24H21BrN2O2. The number of carbonyl (C=O) groups is 2. The van der Waals surface area contributed by atoms with Crippen LogP contribution in [-0.2, 0) is 13.0 Å². The second-order valence-electron chi connectivity index (χ2n) is 7.22. The highest BCUT2D eigenvalue weighted by Crippen LogP contribution is 2.34. The minimum atomic E-state index is -0.136. The maximum atomic E-state index is 13.1. The average Bonchev–Trinajstić information content (AvgIpc) is 3.07. The molecule has 29 heavy (non-hydrogen) atoms. The second kappa shape index (κ2) is 8.21. The van der Waals surface area contributed by atoms with E-state index in [9.17, 15) is 9.59 Å². The van der Waals surface area contributed by atoms with Crippen LogP contribution in [0.5, 0.6) is 0 Å². The molecule has 0 fully saturated rings. The Hall–Kier alpha value is -2.92. The summed E-state index contributed by atoms with van der Waals surface area (Å²) in [7, 11) is 0. The Labute approximate surface area is 178 Å². The molecule has 5 heteroatoms. The summed E-state index contributed by atoms with van der Waals surface area (Å²) in [5.41, 5.74) is 4.33. The molecule has 0 saturated heterocycles. The topological polar surface area (TPSA) is 49.4 Å². The number of benzene rings is 3. The van der Waals surface area contributed by atoms with E-state index in [0.29, 0.717) is 17.7 Å². The monoisotopic (exact) mass is 448 g/mol. The zero-order valence-electron chi connectivity index (χ0n) is 16.1. The molecule has 1 heterocycles. The molecule has 146 valence electrons. The summed E-state index contributed by atoms with van der Waals surface area (Å²) in [6.45, 7) is 2.46. The van der Waals surface area contributed by atoms with Crippen LogP contribution in [0.3, 0.4) is 0 Å². The number of hydrogen-bond donors (Lipinski definition) is 1. The molecule has 0 radical (unpaired) electrons. The second-order valence-corrected chi connectivity index (χ2v) is 8.07. The number of rotatable bonds is 4. The van der Waals surface area contributed by atoms with Gasteiger partial charge < -0.3 is 10.2 Å². The predicted octanol–water partition coefficient (Wildman–Crippen LogP) is 4.97. The van der Waals surface area contributed by atoms with Gasteiger partial charge in [-0.15, -0.1) is 0 Å². The molecule has 0 saturated carbocycles. The van der Waals surface area contributed by atoms with Crippen LogP contribution in [0.2, 0.25) is 0 Å². The van der Waals surface area contributed by atoms with Gasteiger partial charge in [0.2, 0.25) is 0 Å². The minimum Gasteiger partial charge on any atom is -0.348 e. The highest BCUT2D eigenvalue weighted by Gasteiger charge is 2.31. The van der Waals surface area contributed by atoms with Crippen molar-refractivity contribution in [1.82, 2.24) is 5.32 Å². The lowest BCUT2D eigenvalue weighted by atomic mass is 10.1. The van der Waals surface area contributed by atoms with Crippen molar-refractivity contribution in [2.75, 3.05) is 4.90 Å². The maximum Gasteiger partial charge on any atom is 0.258 e. The smallest absolute Gasteiger partial charge is 0.258 e. The standard InChI is InChI=1S/C24H21BrN2O2/c1-16-13-19-12-11-17(15-26-23(28)20-9-5-6-10-21(20)25)14-22(19)27(16)24(29)18-7-3-2-4-8-18/h2-12,14,16H,13,15H2,1H3,(H,26,28)/t16-/m1/s1. The molecule has 4 nitrogen and oxygen atoms in total. The Morgan fingerprint density at radius 2 is 1.76 bits per heavy atom. The van der Waals surface area contributed by atoms with Crippen LogP contribution in [0.25, 0.3) is 0 Å². The SMILES string of the molecule is C[C@@H]1Cc2ccc(CNC(=O)c3ccccc3Br)cc2N1C(=O)c1ccccc1. The lowest BCUT2D eigenvalue weighted by Crippen LogP contribution is -2.35. The molecule has 0 bridgehead atoms. The Bertz CT molecular complexity index is 1070. The normalized spacial score (nSPS) is 15.1. The number of amides is 2. The van der Waals surface area contributed by atoms with Gasteiger partial charge in [0.1, 0.15) is 0 Å². The van der Waals surface area contributed by atoms with Crippen molar-refractivity contribution in [2.45, 2.75) is 25.9 Å². The largest absolute Gasteiger partial charge is 0.348 e. The molecular weight excluding hydrogens is 428 g/mol. The van der Waals surface area contributed by atoms with E-state index < -0.39 is 0 Å². The van der Waals surface area contributed by atoms with Gasteiger partial charge in [0.05, 0.1) is 5.56 Å². The van der Waals surface area contributed by atoms with E-state index in [2.05, 4.69) is 34.2 Å². The van der Waals surface area contributed by atoms with Crippen molar-refractivity contribution in [2.24, 2.45) is 0 Å². The van der Waals surface area contributed by atoms with Gasteiger partial charge in [-0.25, -0.2) is 0 Å². The van der Waals surface area contributed by atoms with E-state index in [0.717, 1.165) is 27.7 Å². The van der Waals surface area contributed by atoms with Crippen molar-refractivity contribution in [3.05, 3.63) is 99.5 Å². The van der Waals surface area contributed by atoms with Gasteiger partial charge in [0.15, 0.2) is 0 Å². The molecule has 1 aliphatic rings. The molecule has 1 N–H and O–H groups in total. The van der Waals surface area contributed by atoms with Crippen LogP contribution in [0, 0.1) is 0 Å². The van der Waals surface area contributed by atoms with Gasteiger partial charge in [0, 0.05) is 28.3 Å². The van der Waals surface area contributed by atoms with Crippen molar-refractivity contribution in [3.63, 3.8) is 0 Å². The Morgan fingerprint density at radius 1 is 1.03 bits per heavy atom. The molecule has 0 unspecified atom stereocenters. The van der Waals surface area contributed by atoms with Gasteiger partial charge in [-0.2, -0.15) is 0 Å². The van der Waals surface area contributed by atoms with Crippen molar-refractivity contribution < 1.29 is 9.59 Å². The summed E-state index contributed by atoms with van der Waals surface area (Å²) in [5, 5.41) is 2.96. The Morgan fingerprint density at radius 3 is 2.52 bits per heavy atom. The number of nitrogens with zero attached hydrogens (tertiary/aromatic N) is 1. The number of halogens is 1. The molecule has 1 aliphatic heterocycles. The lowest BCUT2D eigenvalue weighted by Gasteiger charge is -2.23. The number of hydrogen-bond acceptors (Lipinski definition) is 2. The Balaban J connectivity index is 1.54. The summed E-state index contributed by atoms with van der Waals surface area (Å²) in [6.07, 6.45) is 0.831. The van der Waals surface area contributed by atoms with Crippen LogP contribution in [0.15, 0.2) is 77.3 Å². The van der Waals surface area contributed by atoms with Crippen LogP contribution in [0.4, 0.5) is 5.69 Å². The highest BCUT2D eigenvalue weighted by atomic mass is 79.9. The first-order valence-corrected chi connectivity index (χ1v) is 10.4. The van der Waals surface area contributed by atoms with Crippen LogP contribution in [0.1, 0.15) is 38.8 Å². The first kappa shape index (κ1) is 19.4. The van der Waals surface area contributed by atoms with Gasteiger partial charge in [-0.1, -0.05) is 42.5 Å². The van der Waals surface area contributed by atoms with Crippen LogP contribution in [-0.4, -0.2) is 17.9 Å². The molecule has 3 aromatic rings. The zero-order valence-corrected chi connectivity index (χ0v) is 17.6. The summed E-state index contributed by atoms with van der Waals surface area (Å²) in [6, 6.07) is 22.9. The lowest BCUT2D eigenvalue weighted by molar-refractivity contribution is 0.0948. The highest BCUT2D eigenvalue weighted by molar-refractivity contribution is 9.10. The van der Waals surface area contributed by atoms with E-state index in [4.69, 9.17) is 0 Å². The molecule has 0 aromatic heterocycles. The summed E-state index contributed by atoms with van der Waals surface area (Å²) in [5.74, 6) is -0.130. The molecule has 3 aromatic carbocycles. The van der Waals surface area contributed by atoms with Gasteiger partial charge in [-0.05, 0) is 70.7 Å². The zero-order chi connectivity index (χ0) is 20.4. The first-order valence-electron chi connectivity index (χ1n) is 9.57. The minimum absolute atomic E-state index is 0.00579. The van der Waals surface area contributed by atoms with E-state index in [-0.39, 0.29) is 17.9 Å². The van der Waals surface area contributed by atoms with Crippen LogP contribution >= 0.6 is 15.9 Å². The molecule has 0 spiro atoms. The summed E-state index contributed by atoms with van der Waals surface area (Å²) in [4.78, 5) is 27.4. The number of fused-ring (bicyclic) bond motifs is 1. The van der Waals surface area contributed by atoms with Gasteiger partial charge >= 0.3 is 0 Å². The van der Waals surface area contributed by atoms with Crippen LogP contribution < -0.4 is 10.2 Å².